The number of aromatic nitrogens is 1. The zero-order valence-electron chi connectivity index (χ0n) is 15.0. The minimum absolute atomic E-state index is 0.0568. The van der Waals surface area contributed by atoms with Crippen LogP contribution >= 0.6 is 23.1 Å². The number of carbonyl (C=O) groups is 1. The summed E-state index contributed by atoms with van der Waals surface area (Å²) in [5.41, 5.74) is 3.03. The number of amides is 1. The van der Waals surface area contributed by atoms with E-state index in [1.54, 1.807) is 11.0 Å². The van der Waals surface area contributed by atoms with Crippen molar-refractivity contribution in [1.29, 1.82) is 0 Å². The second-order valence-electron chi connectivity index (χ2n) is 5.97. The molecule has 0 N–H and O–H groups in total. The van der Waals surface area contributed by atoms with Crippen molar-refractivity contribution in [3.63, 3.8) is 0 Å². The lowest BCUT2D eigenvalue weighted by atomic mass is 10.2. The van der Waals surface area contributed by atoms with E-state index in [9.17, 15) is 4.79 Å². The Morgan fingerprint density at radius 3 is 2.62 bits per heavy atom. The van der Waals surface area contributed by atoms with Gasteiger partial charge in [-0.2, -0.15) is 4.99 Å². The fourth-order valence-corrected chi connectivity index (χ4v) is 4.09. The van der Waals surface area contributed by atoms with Crippen molar-refractivity contribution >= 4 is 51.1 Å². The molecule has 1 saturated heterocycles. The van der Waals surface area contributed by atoms with Crippen LogP contribution in [-0.2, 0) is 4.79 Å². The van der Waals surface area contributed by atoms with Crippen LogP contribution < -0.4 is 4.90 Å². The largest absolute Gasteiger partial charge is 0.378 e. The van der Waals surface area contributed by atoms with Crippen molar-refractivity contribution in [3.8, 4) is 0 Å². The molecule has 2 aromatic rings. The quantitative estimate of drug-likeness (QED) is 0.569. The molecule has 1 aromatic carbocycles. The summed E-state index contributed by atoms with van der Waals surface area (Å²) in [6.45, 7) is 6.09. The predicted octanol–water partition coefficient (Wildman–Crippen LogP) is 4.31. The van der Waals surface area contributed by atoms with E-state index in [1.165, 1.54) is 23.1 Å². The highest BCUT2D eigenvalue weighted by Gasteiger charge is 2.32. The molecule has 2 heterocycles. The van der Waals surface area contributed by atoms with Crippen LogP contribution in [0.3, 0.4) is 0 Å². The molecule has 1 aliphatic heterocycles. The molecule has 0 radical (unpaired) electrons. The minimum atomic E-state index is -0.0568. The molecule has 0 bridgehead atoms. The van der Waals surface area contributed by atoms with Crippen molar-refractivity contribution in [2.45, 2.75) is 6.92 Å². The second-order valence-corrected chi connectivity index (χ2v) is 7.81. The van der Waals surface area contributed by atoms with E-state index in [1.807, 2.05) is 61.6 Å². The molecular weight excluding hydrogens is 364 g/mol. The number of amidine groups is 1. The maximum atomic E-state index is 12.8. The van der Waals surface area contributed by atoms with Crippen molar-refractivity contribution in [2.75, 3.05) is 25.5 Å². The van der Waals surface area contributed by atoms with Gasteiger partial charge in [0.1, 0.15) is 0 Å². The Bertz CT molecular complexity index is 881. The van der Waals surface area contributed by atoms with Gasteiger partial charge in [0, 0.05) is 31.7 Å². The standard InChI is InChI=1S/C19H20N4OS2/c1-5-10-23-17(24)16(11-14-6-8-15(9-7-14)22(3)4)26-19(23)21-18-20-13(2)12-25-18/h5-9,11-12H,1,10H2,2-4H3/b16-11-,21-19+. The van der Waals surface area contributed by atoms with E-state index in [-0.39, 0.29) is 5.91 Å². The Balaban J connectivity index is 1.89. The van der Waals surface area contributed by atoms with Gasteiger partial charge in [0.15, 0.2) is 5.17 Å². The minimum Gasteiger partial charge on any atom is -0.378 e. The van der Waals surface area contributed by atoms with Crippen molar-refractivity contribution in [2.24, 2.45) is 4.99 Å². The Morgan fingerprint density at radius 2 is 2.04 bits per heavy atom. The number of aliphatic imine (C=N–C) groups is 1. The average Bonchev–Trinajstić information content (AvgIpc) is 3.14. The molecule has 0 aliphatic carbocycles. The number of rotatable bonds is 5. The average molecular weight is 385 g/mol. The van der Waals surface area contributed by atoms with Gasteiger partial charge in [0.25, 0.3) is 5.91 Å². The summed E-state index contributed by atoms with van der Waals surface area (Å²) in [4.78, 5) is 26.0. The van der Waals surface area contributed by atoms with Crippen molar-refractivity contribution in [3.05, 3.63) is 58.5 Å². The summed E-state index contributed by atoms with van der Waals surface area (Å²) in [5.74, 6) is -0.0568. The Morgan fingerprint density at radius 1 is 1.31 bits per heavy atom. The van der Waals surface area contributed by atoms with E-state index < -0.39 is 0 Å². The van der Waals surface area contributed by atoms with Crippen LogP contribution in [-0.4, -0.2) is 41.6 Å². The normalized spacial score (nSPS) is 17.3. The Kier molecular flexibility index (Phi) is 5.58. The van der Waals surface area contributed by atoms with E-state index >= 15 is 0 Å². The Labute approximate surface area is 161 Å². The van der Waals surface area contributed by atoms with Gasteiger partial charge < -0.3 is 4.90 Å². The second kappa shape index (κ2) is 7.88. The van der Waals surface area contributed by atoms with E-state index in [0.717, 1.165) is 16.9 Å². The van der Waals surface area contributed by atoms with E-state index in [0.29, 0.717) is 21.7 Å². The third-order valence-corrected chi connectivity index (χ3v) is 5.56. The first-order valence-electron chi connectivity index (χ1n) is 8.08. The molecule has 1 amide bonds. The number of nitrogens with zero attached hydrogens (tertiary/aromatic N) is 4. The number of aryl methyl sites for hydroxylation is 1. The molecule has 1 aromatic heterocycles. The van der Waals surface area contributed by atoms with Crippen molar-refractivity contribution < 1.29 is 4.79 Å². The van der Waals surface area contributed by atoms with E-state index in [2.05, 4.69) is 16.6 Å². The van der Waals surface area contributed by atoms with Crippen LogP contribution in [0.5, 0.6) is 0 Å². The SMILES string of the molecule is C=CCN1C(=O)/C(=C/c2ccc(N(C)C)cc2)S/C1=N/c1nc(C)cs1. The predicted molar refractivity (Wildman–Crippen MR) is 112 cm³/mol. The van der Waals surface area contributed by atoms with Gasteiger partial charge >= 0.3 is 0 Å². The molecule has 3 rings (SSSR count). The van der Waals surface area contributed by atoms with Crippen LogP contribution in [0.25, 0.3) is 6.08 Å². The molecule has 0 unspecified atom stereocenters. The first-order valence-corrected chi connectivity index (χ1v) is 9.78. The summed E-state index contributed by atoms with van der Waals surface area (Å²) >= 11 is 2.84. The zero-order valence-corrected chi connectivity index (χ0v) is 16.6. The van der Waals surface area contributed by atoms with Gasteiger partial charge in [-0.05, 0) is 42.5 Å². The number of thioether (sulfide) groups is 1. The summed E-state index contributed by atoms with van der Waals surface area (Å²) < 4.78 is 0. The van der Waals surface area contributed by atoms with Gasteiger partial charge in [-0.25, -0.2) is 4.98 Å². The molecule has 1 aliphatic rings. The first-order chi connectivity index (χ1) is 12.5. The van der Waals surface area contributed by atoms with Gasteiger partial charge in [0.05, 0.1) is 10.6 Å². The summed E-state index contributed by atoms with van der Waals surface area (Å²) in [7, 11) is 4.00. The molecule has 134 valence electrons. The molecule has 26 heavy (non-hydrogen) atoms. The summed E-state index contributed by atoms with van der Waals surface area (Å²) in [6.07, 6.45) is 3.61. The van der Waals surface area contributed by atoms with Crippen LogP contribution in [0.1, 0.15) is 11.3 Å². The third-order valence-electron chi connectivity index (χ3n) is 3.71. The van der Waals surface area contributed by atoms with Gasteiger partial charge in [-0.15, -0.1) is 17.9 Å². The van der Waals surface area contributed by atoms with Crippen LogP contribution in [0, 0.1) is 6.92 Å². The number of hydrogen-bond acceptors (Lipinski definition) is 6. The Hall–Kier alpha value is -2.38. The maximum Gasteiger partial charge on any atom is 0.267 e. The lowest BCUT2D eigenvalue weighted by Crippen LogP contribution is -2.29. The first kappa shape index (κ1) is 18.4. The highest BCUT2D eigenvalue weighted by Crippen LogP contribution is 2.34. The molecule has 5 nitrogen and oxygen atoms in total. The number of benzene rings is 1. The van der Waals surface area contributed by atoms with Crippen LogP contribution in [0.15, 0.2) is 52.2 Å². The fourth-order valence-electron chi connectivity index (χ4n) is 2.38. The number of carbonyl (C=O) groups excluding carboxylic acids is 1. The summed E-state index contributed by atoms with van der Waals surface area (Å²) in [5, 5.41) is 3.24. The molecule has 0 spiro atoms. The molecule has 1 fully saturated rings. The molecular formula is C19H20N4OS2. The lowest BCUT2D eigenvalue weighted by Gasteiger charge is -2.12. The van der Waals surface area contributed by atoms with Gasteiger partial charge in [-0.1, -0.05) is 18.2 Å². The summed E-state index contributed by atoms with van der Waals surface area (Å²) in [6, 6.07) is 8.08. The highest BCUT2D eigenvalue weighted by atomic mass is 32.2. The number of thiazole rings is 1. The smallest absolute Gasteiger partial charge is 0.267 e. The third kappa shape index (κ3) is 4.05. The zero-order chi connectivity index (χ0) is 18.7. The monoisotopic (exact) mass is 384 g/mol. The lowest BCUT2D eigenvalue weighted by molar-refractivity contribution is -0.121. The number of anilines is 1. The topological polar surface area (TPSA) is 48.8 Å². The molecule has 0 saturated carbocycles. The van der Waals surface area contributed by atoms with Gasteiger partial charge in [0.2, 0.25) is 5.13 Å². The highest BCUT2D eigenvalue weighted by molar-refractivity contribution is 8.18. The van der Waals surface area contributed by atoms with E-state index in [4.69, 9.17) is 0 Å². The maximum absolute atomic E-state index is 12.8. The van der Waals surface area contributed by atoms with Gasteiger partial charge in [-0.3, -0.25) is 9.69 Å². The molecule has 7 heteroatoms. The number of hydrogen-bond donors (Lipinski definition) is 0. The molecule has 0 atom stereocenters. The fraction of sp³-hybridized carbons (Fsp3) is 0.211. The van der Waals surface area contributed by atoms with Crippen LogP contribution in [0.2, 0.25) is 0 Å². The van der Waals surface area contributed by atoms with Crippen LogP contribution in [0.4, 0.5) is 10.8 Å². The van der Waals surface area contributed by atoms with Crippen molar-refractivity contribution in [1.82, 2.24) is 9.88 Å².